The van der Waals surface area contributed by atoms with Gasteiger partial charge in [0.1, 0.15) is 0 Å². The summed E-state index contributed by atoms with van der Waals surface area (Å²) in [7, 11) is 0. The van der Waals surface area contributed by atoms with Crippen LogP contribution in [0.1, 0.15) is 65.2 Å². The molecule has 3 aliphatic carbocycles. The molecule has 0 radical (unpaired) electrons. The van der Waals surface area contributed by atoms with Crippen molar-refractivity contribution in [1.82, 2.24) is 0 Å². The van der Waals surface area contributed by atoms with Crippen molar-refractivity contribution in [1.29, 1.82) is 0 Å². The van der Waals surface area contributed by atoms with Crippen LogP contribution in [0.3, 0.4) is 0 Å². The normalized spacial score (nSPS) is 54.2. The standard InChI is InChI=1S/C16H28O/c1-11-4-3-7-16(17,12(11)2)10-15-9-13-5-6-14(15)8-13/h11-15,17H,3-10H2,1-2H3. The van der Waals surface area contributed by atoms with Gasteiger partial charge < -0.3 is 5.11 Å². The molecule has 0 aromatic rings. The summed E-state index contributed by atoms with van der Waals surface area (Å²) in [6.45, 7) is 4.62. The van der Waals surface area contributed by atoms with Crippen LogP contribution in [-0.2, 0) is 0 Å². The number of rotatable bonds is 2. The summed E-state index contributed by atoms with van der Waals surface area (Å²) in [6.07, 6.45) is 10.6. The average molecular weight is 236 g/mol. The van der Waals surface area contributed by atoms with Crippen LogP contribution in [0.25, 0.3) is 0 Å². The number of fused-ring (bicyclic) bond motifs is 2. The highest BCUT2D eigenvalue weighted by Gasteiger charge is 2.46. The second kappa shape index (κ2) is 4.26. The molecule has 98 valence electrons. The van der Waals surface area contributed by atoms with E-state index in [1.807, 2.05) is 0 Å². The predicted octanol–water partition coefficient (Wildman–Crippen LogP) is 4.00. The Kier molecular flexibility index (Phi) is 3.01. The van der Waals surface area contributed by atoms with Gasteiger partial charge in [-0.25, -0.2) is 0 Å². The van der Waals surface area contributed by atoms with Crippen LogP contribution in [0.15, 0.2) is 0 Å². The van der Waals surface area contributed by atoms with E-state index in [0.717, 1.165) is 30.6 Å². The van der Waals surface area contributed by atoms with Crippen LogP contribution >= 0.6 is 0 Å². The van der Waals surface area contributed by atoms with Gasteiger partial charge in [0, 0.05) is 0 Å². The third kappa shape index (κ3) is 2.05. The van der Waals surface area contributed by atoms with E-state index in [2.05, 4.69) is 13.8 Å². The lowest BCUT2D eigenvalue weighted by molar-refractivity contribution is -0.0835. The first-order valence-corrected chi connectivity index (χ1v) is 7.81. The van der Waals surface area contributed by atoms with E-state index in [9.17, 15) is 5.11 Å². The van der Waals surface area contributed by atoms with Crippen molar-refractivity contribution in [2.24, 2.45) is 29.6 Å². The molecule has 0 amide bonds. The first-order chi connectivity index (χ1) is 8.08. The van der Waals surface area contributed by atoms with Crippen LogP contribution in [0, 0.1) is 29.6 Å². The highest BCUT2D eigenvalue weighted by atomic mass is 16.3. The first kappa shape index (κ1) is 12.0. The zero-order valence-electron chi connectivity index (χ0n) is 11.5. The molecule has 1 heteroatoms. The van der Waals surface area contributed by atoms with Crippen LogP contribution in [0.4, 0.5) is 0 Å². The summed E-state index contributed by atoms with van der Waals surface area (Å²) in [6, 6.07) is 0. The fraction of sp³-hybridized carbons (Fsp3) is 1.00. The molecule has 1 N–H and O–H groups in total. The Labute approximate surface area is 106 Å². The maximum Gasteiger partial charge on any atom is 0.0678 e. The SMILES string of the molecule is CC1CCCC(O)(CC2CC3CCC2C3)C1C. The summed E-state index contributed by atoms with van der Waals surface area (Å²) in [5.41, 5.74) is -0.327. The summed E-state index contributed by atoms with van der Waals surface area (Å²) in [4.78, 5) is 0. The average Bonchev–Trinajstić information content (AvgIpc) is 2.87. The second-order valence-corrected chi connectivity index (χ2v) is 7.40. The van der Waals surface area contributed by atoms with E-state index < -0.39 is 0 Å². The zero-order chi connectivity index (χ0) is 12.0. The molecule has 0 aliphatic heterocycles. The number of hydrogen-bond acceptors (Lipinski definition) is 1. The quantitative estimate of drug-likeness (QED) is 0.768. The van der Waals surface area contributed by atoms with Gasteiger partial charge in [0.25, 0.3) is 0 Å². The molecule has 1 nitrogen and oxygen atoms in total. The molecular formula is C16H28O. The molecule has 3 fully saturated rings. The minimum Gasteiger partial charge on any atom is -0.390 e. The van der Waals surface area contributed by atoms with Gasteiger partial charge in [0.05, 0.1) is 5.60 Å². The smallest absolute Gasteiger partial charge is 0.0678 e. The monoisotopic (exact) mass is 236 g/mol. The highest BCUT2D eigenvalue weighted by molar-refractivity contribution is 4.98. The topological polar surface area (TPSA) is 20.2 Å². The van der Waals surface area contributed by atoms with E-state index in [4.69, 9.17) is 0 Å². The van der Waals surface area contributed by atoms with Crippen LogP contribution in [-0.4, -0.2) is 10.7 Å². The van der Waals surface area contributed by atoms with E-state index in [-0.39, 0.29) is 5.60 Å². The molecule has 6 atom stereocenters. The fourth-order valence-corrected chi connectivity index (χ4v) is 5.11. The molecule has 3 aliphatic rings. The van der Waals surface area contributed by atoms with Crippen molar-refractivity contribution < 1.29 is 5.11 Å². The van der Waals surface area contributed by atoms with Crippen molar-refractivity contribution in [2.75, 3.05) is 0 Å². The molecule has 2 bridgehead atoms. The minimum atomic E-state index is -0.327. The predicted molar refractivity (Wildman–Crippen MR) is 70.7 cm³/mol. The molecule has 3 saturated carbocycles. The number of hydrogen-bond donors (Lipinski definition) is 1. The van der Waals surface area contributed by atoms with Crippen LogP contribution < -0.4 is 0 Å². The molecule has 0 aromatic carbocycles. The molecule has 6 unspecified atom stereocenters. The molecule has 17 heavy (non-hydrogen) atoms. The van der Waals surface area contributed by atoms with E-state index >= 15 is 0 Å². The van der Waals surface area contributed by atoms with Gasteiger partial charge in [-0.15, -0.1) is 0 Å². The van der Waals surface area contributed by atoms with E-state index in [1.165, 1.54) is 38.5 Å². The second-order valence-electron chi connectivity index (χ2n) is 7.40. The Morgan fingerprint density at radius 3 is 2.59 bits per heavy atom. The van der Waals surface area contributed by atoms with Gasteiger partial charge in [-0.05, 0) is 61.7 Å². The lowest BCUT2D eigenvalue weighted by Gasteiger charge is -2.44. The third-order valence-electron chi connectivity index (χ3n) is 6.47. The molecule has 0 heterocycles. The molecule has 3 rings (SSSR count). The van der Waals surface area contributed by atoms with Crippen molar-refractivity contribution in [2.45, 2.75) is 70.8 Å². The van der Waals surface area contributed by atoms with Gasteiger partial charge in [-0.1, -0.05) is 33.1 Å². The fourth-order valence-electron chi connectivity index (χ4n) is 5.11. The van der Waals surface area contributed by atoms with Crippen molar-refractivity contribution in [3.63, 3.8) is 0 Å². The highest BCUT2D eigenvalue weighted by Crippen LogP contribution is 2.53. The van der Waals surface area contributed by atoms with Crippen molar-refractivity contribution in [3.8, 4) is 0 Å². The van der Waals surface area contributed by atoms with Gasteiger partial charge in [-0.2, -0.15) is 0 Å². The van der Waals surface area contributed by atoms with Crippen molar-refractivity contribution in [3.05, 3.63) is 0 Å². The Balaban J connectivity index is 1.67. The lowest BCUT2D eigenvalue weighted by atomic mass is 9.66. The summed E-state index contributed by atoms with van der Waals surface area (Å²) >= 11 is 0. The van der Waals surface area contributed by atoms with Gasteiger partial charge in [0.2, 0.25) is 0 Å². The number of aliphatic hydroxyl groups is 1. The third-order valence-corrected chi connectivity index (χ3v) is 6.47. The summed E-state index contributed by atoms with van der Waals surface area (Å²) in [5.74, 6) is 4.06. The molecule has 0 spiro atoms. The van der Waals surface area contributed by atoms with Crippen LogP contribution in [0.5, 0.6) is 0 Å². The Morgan fingerprint density at radius 1 is 1.12 bits per heavy atom. The van der Waals surface area contributed by atoms with Gasteiger partial charge >= 0.3 is 0 Å². The molecular weight excluding hydrogens is 208 g/mol. The van der Waals surface area contributed by atoms with Gasteiger partial charge in [0.15, 0.2) is 0 Å². The summed E-state index contributed by atoms with van der Waals surface area (Å²) in [5, 5.41) is 11.0. The largest absolute Gasteiger partial charge is 0.390 e. The maximum atomic E-state index is 11.0. The van der Waals surface area contributed by atoms with Crippen LogP contribution in [0.2, 0.25) is 0 Å². The molecule has 0 saturated heterocycles. The lowest BCUT2D eigenvalue weighted by Crippen LogP contribution is -2.45. The Morgan fingerprint density at radius 2 is 1.94 bits per heavy atom. The zero-order valence-corrected chi connectivity index (χ0v) is 11.5. The van der Waals surface area contributed by atoms with Gasteiger partial charge in [-0.3, -0.25) is 0 Å². The minimum absolute atomic E-state index is 0.327. The van der Waals surface area contributed by atoms with E-state index in [1.54, 1.807) is 0 Å². The van der Waals surface area contributed by atoms with E-state index in [0.29, 0.717) is 11.8 Å². The summed E-state index contributed by atoms with van der Waals surface area (Å²) < 4.78 is 0. The van der Waals surface area contributed by atoms with Crippen molar-refractivity contribution >= 4 is 0 Å². The first-order valence-electron chi connectivity index (χ1n) is 7.81. The Bertz CT molecular complexity index is 287. The Hall–Kier alpha value is -0.0400. The maximum absolute atomic E-state index is 11.0. The molecule has 0 aromatic heterocycles.